The first-order valence-electron chi connectivity index (χ1n) is 6.57. The standard InChI is InChI=1S/C14H18N2O4/c1-9(10-2-3-10)15-14(19)16-11-4-6-12(7-5-11)20-8-13(17)18/h4-7,9-10H,2-3,8H2,1H3,(H,17,18)(H2,15,16,19). The highest BCUT2D eigenvalue weighted by atomic mass is 16.5. The van der Waals surface area contributed by atoms with Crippen LogP contribution >= 0.6 is 0 Å². The molecule has 2 rings (SSSR count). The Morgan fingerprint density at radius 3 is 2.55 bits per heavy atom. The Morgan fingerprint density at radius 1 is 1.35 bits per heavy atom. The maximum atomic E-state index is 11.7. The van der Waals surface area contributed by atoms with E-state index in [4.69, 9.17) is 9.84 Å². The van der Waals surface area contributed by atoms with Crippen molar-refractivity contribution in [2.45, 2.75) is 25.8 Å². The van der Waals surface area contributed by atoms with Crippen LogP contribution in [-0.4, -0.2) is 29.8 Å². The van der Waals surface area contributed by atoms with Crippen molar-refractivity contribution in [3.8, 4) is 5.75 Å². The molecule has 0 aromatic heterocycles. The monoisotopic (exact) mass is 278 g/mol. The normalized spacial score (nSPS) is 15.2. The maximum Gasteiger partial charge on any atom is 0.341 e. The summed E-state index contributed by atoms with van der Waals surface area (Å²) in [5, 5.41) is 14.1. The summed E-state index contributed by atoms with van der Waals surface area (Å²) in [5.74, 6) is 0.0258. The molecule has 3 N–H and O–H groups in total. The van der Waals surface area contributed by atoms with Crippen LogP contribution in [0.3, 0.4) is 0 Å². The number of aliphatic carboxylic acids is 1. The molecule has 1 aromatic carbocycles. The quantitative estimate of drug-likeness (QED) is 0.743. The van der Waals surface area contributed by atoms with Crippen LogP contribution in [0.4, 0.5) is 10.5 Å². The number of amides is 2. The van der Waals surface area contributed by atoms with Crippen molar-refractivity contribution in [1.82, 2.24) is 5.32 Å². The number of carbonyl (C=O) groups is 2. The number of carboxylic acid groups (broad SMARTS) is 1. The summed E-state index contributed by atoms with van der Waals surface area (Å²) < 4.78 is 5.00. The molecule has 0 spiro atoms. The van der Waals surface area contributed by atoms with E-state index in [0.29, 0.717) is 17.4 Å². The molecule has 0 saturated heterocycles. The highest BCUT2D eigenvalue weighted by Crippen LogP contribution is 2.32. The van der Waals surface area contributed by atoms with Crippen LogP contribution in [0.1, 0.15) is 19.8 Å². The largest absolute Gasteiger partial charge is 0.482 e. The van der Waals surface area contributed by atoms with Crippen molar-refractivity contribution in [1.29, 1.82) is 0 Å². The first kappa shape index (κ1) is 14.2. The third-order valence-electron chi connectivity index (χ3n) is 3.16. The second-order valence-corrected chi connectivity index (χ2v) is 4.93. The van der Waals surface area contributed by atoms with Gasteiger partial charge in [-0.15, -0.1) is 0 Å². The third kappa shape index (κ3) is 4.46. The van der Waals surface area contributed by atoms with Gasteiger partial charge in [0, 0.05) is 11.7 Å². The summed E-state index contributed by atoms with van der Waals surface area (Å²) in [5.41, 5.74) is 0.633. The van der Waals surface area contributed by atoms with Gasteiger partial charge in [0.2, 0.25) is 0 Å². The topological polar surface area (TPSA) is 87.7 Å². The molecule has 20 heavy (non-hydrogen) atoms. The third-order valence-corrected chi connectivity index (χ3v) is 3.16. The number of hydrogen-bond acceptors (Lipinski definition) is 3. The summed E-state index contributed by atoms with van der Waals surface area (Å²) in [7, 11) is 0. The predicted octanol–water partition coefficient (Wildman–Crippen LogP) is 2.07. The number of benzene rings is 1. The van der Waals surface area contributed by atoms with E-state index in [1.807, 2.05) is 6.92 Å². The number of urea groups is 1. The van der Waals surface area contributed by atoms with Gasteiger partial charge in [-0.1, -0.05) is 0 Å². The van der Waals surface area contributed by atoms with Gasteiger partial charge in [0.1, 0.15) is 5.75 Å². The van der Waals surface area contributed by atoms with Gasteiger partial charge in [-0.05, 0) is 49.9 Å². The molecule has 0 radical (unpaired) electrons. The highest BCUT2D eigenvalue weighted by Gasteiger charge is 2.28. The molecule has 1 fully saturated rings. The Balaban J connectivity index is 1.80. The van der Waals surface area contributed by atoms with Crippen molar-refractivity contribution in [3.63, 3.8) is 0 Å². The summed E-state index contributed by atoms with van der Waals surface area (Å²) in [6.45, 7) is 1.62. The van der Waals surface area contributed by atoms with Gasteiger partial charge in [0.05, 0.1) is 0 Å². The fourth-order valence-corrected chi connectivity index (χ4v) is 1.87. The molecular weight excluding hydrogens is 260 g/mol. The van der Waals surface area contributed by atoms with E-state index >= 15 is 0 Å². The summed E-state index contributed by atoms with van der Waals surface area (Å²) >= 11 is 0. The van der Waals surface area contributed by atoms with Crippen LogP contribution in [-0.2, 0) is 4.79 Å². The van der Waals surface area contributed by atoms with Crippen molar-refractivity contribution in [3.05, 3.63) is 24.3 Å². The first-order valence-corrected chi connectivity index (χ1v) is 6.57. The van der Waals surface area contributed by atoms with Gasteiger partial charge in [-0.25, -0.2) is 9.59 Å². The molecule has 0 bridgehead atoms. The average Bonchev–Trinajstić information content (AvgIpc) is 3.22. The van der Waals surface area contributed by atoms with Crippen LogP contribution in [0.2, 0.25) is 0 Å². The van der Waals surface area contributed by atoms with Gasteiger partial charge >= 0.3 is 12.0 Å². The second kappa shape index (κ2) is 6.27. The van der Waals surface area contributed by atoms with Crippen molar-refractivity contribution in [2.24, 2.45) is 5.92 Å². The molecule has 1 aliphatic carbocycles. The summed E-state index contributed by atoms with van der Waals surface area (Å²) in [4.78, 5) is 22.1. The van der Waals surface area contributed by atoms with Gasteiger partial charge in [-0.2, -0.15) is 0 Å². The lowest BCUT2D eigenvalue weighted by atomic mass is 10.2. The zero-order valence-electron chi connectivity index (χ0n) is 11.3. The van der Waals surface area contributed by atoms with Crippen LogP contribution in [0.5, 0.6) is 5.75 Å². The minimum Gasteiger partial charge on any atom is -0.482 e. The zero-order valence-corrected chi connectivity index (χ0v) is 11.3. The van der Waals surface area contributed by atoms with E-state index in [1.54, 1.807) is 24.3 Å². The van der Waals surface area contributed by atoms with Crippen LogP contribution in [0.25, 0.3) is 0 Å². The molecule has 108 valence electrons. The lowest BCUT2D eigenvalue weighted by Crippen LogP contribution is -2.37. The predicted molar refractivity (Wildman–Crippen MR) is 73.9 cm³/mol. The van der Waals surface area contributed by atoms with E-state index in [9.17, 15) is 9.59 Å². The van der Waals surface area contributed by atoms with E-state index in [2.05, 4.69) is 10.6 Å². The van der Waals surface area contributed by atoms with Crippen molar-refractivity contribution < 1.29 is 19.4 Å². The number of carbonyl (C=O) groups excluding carboxylic acids is 1. The Kier molecular flexibility index (Phi) is 4.45. The van der Waals surface area contributed by atoms with E-state index in [-0.39, 0.29) is 18.7 Å². The molecule has 1 saturated carbocycles. The Morgan fingerprint density at radius 2 is 2.00 bits per heavy atom. The van der Waals surface area contributed by atoms with Gasteiger partial charge in [0.15, 0.2) is 6.61 Å². The van der Waals surface area contributed by atoms with E-state index < -0.39 is 5.97 Å². The van der Waals surface area contributed by atoms with Gasteiger partial charge in [-0.3, -0.25) is 0 Å². The SMILES string of the molecule is CC(NC(=O)Nc1ccc(OCC(=O)O)cc1)C1CC1. The Hall–Kier alpha value is -2.24. The maximum absolute atomic E-state index is 11.7. The summed E-state index contributed by atoms with van der Waals surface area (Å²) in [6, 6.07) is 6.51. The number of rotatable bonds is 6. The minimum atomic E-state index is -1.03. The Labute approximate surface area is 117 Å². The highest BCUT2D eigenvalue weighted by molar-refractivity contribution is 5.89. The molecule has 2 amide bonds. The number of hydrogen-bond donors (Lipinski definition) is 3. The van der Waals surface area contributed by atoms with Crippen LogP contribution in [0.15, 0.2) is 24.3 Å². The lowest BCUT2D eigenvalue weighted by molar-refractivity contribution is -0.139. The van der Waals surface area contributed by atoms with Gasteiger partial charge in [0.25, 0.3) is 0 Å². The van der Waals surface area contributed by atoms with E-state index in [0.717, 1.165) is 0 Å². The average molecular weight is 278 g/mol. The number of ether oxygens (including phenoxy) is 1. The smallest absolute Gasteiger partial charge is 0.341 e. The molecule has 1 aromatic rings. The zero-order chi connectivity index (χ0) is 14.5. The van der Waals surface area contributed by atoms with E-state index in [1.165, 1.54) is 12.8 Å². The molecule has 1 unspecified atom stereocenters. The van der Waals surface area contributed by atoms with Crippen LogP contribution in [0, 0.1) is 5.92 Å². The lowest BCUT2D eigenvalue weighted by Gasteiger charge is -2.13. The van der Waals surface area contributed by atoms with Gasteiger partial charge < -0.3 is 20.5 Å². The number of nitrogens with one attached hydrogen (secondary N) is 2. The molecule has 1 aliphatic rings. The molecular formula is C14H18N2O4. The second-order valence-electron chi connectivity index (χ2n) is 4.93. The molecule has 0 heterocycles. The fraction of sp³-hybridized carbons (Fsp3) is 0.429. The van der Waals surface area contributed by atoms with Crippen molar-refractivity contribution in [2.75, 3.05) is 11.9 Å². The Bertz CT molecular complexity index is 482. The van der Waals surface area contributed by atoms with Crippen LogP contribution < -0.4 is 15.4 Å². The molecule has 0 aliphatic heterocycles. The first-order chi connectivity index (χ1) is 9.54. The number of carboxylic acids is 1. The fourth-order valence-electron chi connectivity index (χ4n) is 1.87. The van der Waals surface area contributed by atoms with Crippen molar-refractivity contribution >= 4 is 17.7 Å². The number of anilines is 1. The molecule has 6 heteroatoms. The molecule has 6 nitrogen and oxygen atoms in total. The minimum absolute atomic E-state index is 0.188. The molecule has 1 atom stereocenters. The summed E-state index contributed by atoms with van der Waals surface area (Å²) in [6.07, 6.45) is 2.36.